The van der Waals surface area contributed by atoms with E-state index in [1.807, 2.05) is 13.8 Å². The number of aromatic nitrogens is 2. The third-order valence-corrected chi connectivity index (χ3v) is 2.67. The molecular weight excluding hydrogens is 246 g/mol. The average molecular weight is 265 g/mol. The minimum atomic E-state index is -0.939. The van der Waals surface area contributed by atoms with Crippen molar-refractivity contribution in [3.05, 3.63) is 17.5 Å². The van der Waals surface area contributed by atoms with Crippen molar-refractivity contribution < 1.29 is 14.7 Å². The number of carboxylic acid groups (broad SMARTS) is 1. The van der Waals surface area contributed by atoms with Crippen LogP contribution in [-0.4, -0.2) is 32.9 Å². The zero-order valence-electron chi connectivity index (χ0n) is 11.6. The number of ketones is 1. The minimum Gasteiger partial charge on any atom is -0.480 e. The highest BCUT2D eigenvalue weighted by Crippen LogP contribution is 2.12. The molecule has 0 aliphatic heterocycles. The summed E-state index contributed by atoms with van der Waals surface area (Å²) in [6.45, 7) is 7.03. The molecular formula is C13H19N3O3. The standard InChI is InChI=1S/C13H19N3O3/c1-7(2)5-11(12(18)19)16-13-14-6-10(9(4)17)8(3)15-13/h6-7,11H,5H2,1-4H3,(H,18,19)(H,14,15,16)/t11-/m0/s1. The first-order valence-corrected chi connectivity index (χ1v) is 6.15. The van der Waals surface area contributed by atoms with Gasteiger partial charge in [0.1, 0.15) is 6.04 Å². The molecule has 6 heteroatoms. The van der Waals surface area contributed by atoms with Crippen molar-refractivity contribution in [3.8, 4) is 0 Å². The van der Waals surface area contributed by atoms with Gasteiger partial charge in [-0.3, -0.25) is 4.79 Å². The van der Waals surface area contributed by atoms with Crippen LogP contribution in [0.1, 0.15) is 43.2 Å². The molecule has 0 aliphatic rings. The summed E-state index contributed by atoms with van der Waals surface area (Å²) < 4.78 is 0. The largest absolute Gasteiger partial charge is 0.480 e. The first kappa shape index (κ1) is 15.1. The summed E-state index contributed by atoms with van der Waals surface area (Å²) in [4.78, 5) is 30.5. The Labute approximate surface area is 112 Å². The molecule has 0 saturated carbocycles. The Morgan fingerprint density at radius 3 is 2.47 bits per heavy atom. The number of carbonyl (C=O) groups excluding carboxylic acids is 1. The van der Waals surface area contributed by atoms with Crippen LogP contribution in [0, 0.1) is 12.8 Å². The molecule has 6 nitrogen and oxygen atoms in total. The molecule has 0 fully saturated rings. The number of nitrogens with one attached hydrogen (secondary N) is 1. The van der Waals surface area contributed by atoms with Crippen molar-refractivity contribution in [2.24, 2.45) is 5.92 Å². The fraction of sp³-hybridized carbons (Fsp3) is 0.538. The Kier molecular flexibility index (Phi) is 4.97. The Bertz CT molecular complexity index is 486. The highest BCUT2D eigenvalue weighted by Gasteiger charge is 2.20. The van der Waals surface area contributed by atoms with Gasteiger partial charge in [0.2, 0.25) is 5.95 Å². The highest BCUT2D eigenvalue weighted by molar-refractivity contribution is 5.94. The lowest BCUT2D eigenvalue weighted by Crippen LogP contribution is -2.31. The smallest absolute Gasteiger partial charge is 0.326 e. The summed E-state index contributed by atoms with van der Waals surface area (Å²) in [5.74, 6) is -0.576. The molecule has 0 aliphatic carbocycles. The first-order valence-electron chi connectivity index (χ1n) is 6.15. The van der Waals surface area contributed by atoms with Crippen LogP contribution in [0.25, 0.3) is 0 Å². The molecule has 1 rings (SSSR count). The van der Waals surface area contributed by atoms with Gasteiger partial charge in [-0.15, -0.1) is 0 Å². The summed E-state index contributed by atoms with van der Waals surface area (Å²) in [5, 5.41) is 11.9. The first-order chi connectivity index (χ1) is 8.81. The van der Waals surface area contributed by atoms with E-state index in [0.717, 1.165) is 0 Å². The van der Waals surface area contributed by atoms with Crippen molar-refractivity contribution in [1.82, 2.24) is 9.97 Å². The number of rotatable bonds is 6. The number of hydrogen-bond donors (Lipinski definition) is 2. The van der Waals surface area contributed by atoms with Gasteiger partial charge in [-0.1, -0.05) is 13.8 Å². The molecule has 0 amide bonds. The van der Waals surface area contributed by atoms with Crippen LogP contribution in [0.2, 0.25) is 0 Å². The van der Waals surface area contributed by atoms with Crippen LogP contribution >= 0.6 is 0 Å². The number of carbonyl (C=O) groups is 2. The van der Waals surface area contributed by atoms with Gasteiger partial charge in [-0.05, 0) is 26.2 Å². The van der Waals surface area contributed by atoms with Crippen molar-refractivity contribution in [3.63, 3.8) is 0 Å². The molecule has 104 valence electrons. The Morgan fingerprint density at radius 1 is 1.42 bits per heavy atom. The molecule has 0 aromatic carbocycles. The molecule has 1 aromatic heterocycles. The lowest BCUT2D eigenvalue weighted by Gasteiger charge is -2.16. The lowest BCUT2D eigenvalue weighted by atomic mass is 10.0. The van der Waals surface area contributed by atoms with Crippen molar-refractivity contribution in [2.75, 3.05) is 5.32 Å². The van der Waals surface area contributed by atoms with Crippen LogP contribution in [-0.2, 0) is 4.79 Å². The van der Waals surface area contributed by atoms with Crippen LogP contribution in [0.5, 0.6) is 0 Å². The third kappa shape index (κ3) is 4.31. The maximum atomic E-state index is 11.3. The fourth-order valence-electron chi connectivity index (χ4n) is 1.73. The number of carboxylic acids is 1. The molecule has 0 radical (unpaired) electrons. The highest BCUT2D eigenvalue weighted by atomic mass is 16.4. The molecule has 19 heavy (non-hydrogen) atoms. The molecule has 1 heterocycles. The lowest BCUT2D eigenvalue weighted by molar-refractivity contribution is -0.138. The van der Waals surface area contributed by atoms with Gasteiger partial charge in [0.15, 0.2) is 5.78 Å². The maximum Gasteiger partial charge on any atom is 0.326 e. The quantitative estimate of drug-likeness (QED) is 0.763. The van der Waals surface area contributed by atoms with Gasteiger partial charge in [-0.25, -0.2) is 14.8 Å². The zero-order chi connectivity index (χ0) is 14.6. The molecule has 1 aromatic rings. The summed E-state index contributed by atoms with van der Waals surface area (Å²) in [7, 11) is 0. The van der Waals surface area contributed by atoms with E-state index in [1.165, 1.54) is 13.1 Å². The van der Waals surface area contributed by atoms with Crippen molar-refractivity contribution in [1.29, 1.82) is 0 Å². The zero-order valence-corrected chi connectivity index (χ0v) is 11.6. The van der Waals surface area contributed by atoms with Crippen molar-refractivity contribution >= 4 is 17.7 Å². The van der Waals surface area contributed by atoms with E-state index in [9.17, 15) is 9.59 Å². The van der Waals surface area contributed by atoms with Crippen LogP contribution in [0.4, 0.5) is 5.95 Å². The van der Waals surface area contributed by atoms with Crippen molar-refractivity contribution in [2.45, 2.75) is 40.2 Å². The van der Waals surface area contributed by atoms with E-state index in [4.69, 9.17) is 5.11 Å². The Morgan fingerprint density at radius 2 is 2.05 bits per heavy atom. The minimum absolute atomic E-state index is 0.110. The third-order valence-electron chi connectivity index (χ3n) is 2.67. The molecule has 0 unspecified atom stereocenters. The van der Waals surface area contributed by atoms with E-state index in [0.29, 0.717) is 17.7 Å². The molecule has 1 atom stereocenters. The molecule has 2 N–H and O–H groups in total. The summed E-state index contributed by atoms with van der Waals surface area (Å²) in [5.41, 5.74) is 0.986. The fourth-order valence-corrected chi connectivity index (χ4v) is 1.73. The Balaban J connectivity index is 2.88. The van der Waals surface area contributed by atoms with Gasteiger partial charge in [-0.2, -0.15) is 0 Å². The molecule has 0 saturated heterocycles. The number of aryl methyl sites for hydroxylation is 1. The van der Waals surface area contributed by atoms with Crippen LogP contribution in [0.15, 0.2) is 6.20 Å². The topological polar surface area (TPSA) is 92.2 Å². The normalized spacial score (nSPS) is 12.3. The monoisotopic (exact) mass is 265 g/mol. The number of nitrogens with zero attached hydrogens (tertiary/aromatic N) is 2. The summed E-state index contributed by atoms with van der Waals surface area (Å²) >= 11 is 0. The van der Waals surface area contributed by atoms with Gasteiger partial charge in [0.05, 0.1) is 11.3 Å². The van der Waals surface area contributed by atoms with Crippen LogP contribution in [0.3, 0.4) is 0 Å². The number of Topliss-reactive ketones (excluding diaryl/α,β-unsaturated/α-hetero) is 1. The van der Waals surface area contributed by atoms with E-state index < -0.39 is 12.0 Å². The molecule has 0 bridgehead atoms. The van der Waals surface area contributed by atoms with Gasteiger partial charge in [0.25, 0.3) is 0 Å². The maximum absolute atomic E-state index is 11.3. The van der Waals surface area contributed by atoms with E-state index in [2.05, 4.69) is 15.3 Å². The van der Waals surface area contributed by atoms with E-state index in [-0.39, 0.29) is 17.6 Å². The van der Waals surface area contributed by atoms with Crippen LogP contribution < -0.4 is 5.32 Å². The predicted molar refractivity (Wildman–Crippen MR) is 71.3 cm³/mol. The summed E-state index contributed by atoms with van der Waals surface area (Å²) in [6, 6.07) is -0.734. The van der Waals surface area contributed by atoms with Gasteiger partial charge < -0.3 is 10.4 Å². The molecule has 0 spiro atoms. The van der Waals surface area contributed by atoms with E-state index in [1.54, 1.807) is 6.92 Å². The Hall–Kier alpha value is -1.98. The second-order valence-electron chi connectivity index (χ2n) is 4.91. The van der Waals surface area contributed by atoms with Gasteiger partial charge in [0, 0.05) is 6.20 Å². The SMILES string of the molecule is CC(=O)c1cnc(N[C@@H](CC(C)C)C(=O)O)nc1C. The number of aliphatic carboxylic acids is 1. The second-order valence-corrected chi connectivity index (χ2v) is 4.91. The second kappa shape index (κ2) is 6.26. The van der Waals surface area contributed by atoms with E-state index >= 15 is 0 Å². The average Bonchev–Trinajstić information content (AvgIpc) is 2.26. The van der Waals surface area contributed by atoms with Gasteiger partial charge >= 0.3 is 5.97 Å². The summed E-state index contributed by atoms with van der Waals surface area (Å²) in [6.07, 6.45) is 1.90. The number of anilines is 1. The predicted octanol–water partition coefficient (Wildman–Crippen LogP) is 1.90. The number of hydrogen-bond acceptors (Lipinski definition) is 5.